The first-order valence-electron chi connectivity index (χ1n) is 10.3. The van der Waals surface area contributed by atoms with Gasteiger partial charge in [0.05, 0.1) is 6.61 Å². The number of carbonyl (C=O) groups excluding carboxylic acids is 1. The van der Waals surface area contributed by atoms with E-state index in [1.165, 1.54) is 0 Å². The summed E-state index contributed by atoms with van der Waals surface area (Å²) in [6.07, 6.45) is 2.85. The van der Waals surface area contributed by atoms with Crippen molar-refractivity contribution in [1.82, 2.24) is 9.38 Å². The van der Waals surface area contributed by atoms with Crippen molar-refractivity contribution >= 4 is 17.4 Å². The third kappa shape index (κ3) is 4.69. The van der Waals surface area contributed by atoms with Gasteiger partial charge in [-0.3, -0.25) is 9.20 Å². The number of rotatable bonds is 8. The molecule has 0 aliphatic heterocycles. The second-order valence-corrected chi connectivity index (χ2v) is 7.24. The number of nitrogens with zero attached hydrogens (tertiary/aromatic N) is 2. The van der Waals surface area contributed by atoms with Gasteiger partial charge >= 0.3 is 0 Å². The maximum Gasteiger partial charge on any atom is 0.263 e. The molecule has 158 valence electrons. The fraction of sp³-hybridized carbons (Fsp3) is 0.200. The summed E-state index contributed by atoms with van der Waals surface area (Å²) >= 11 is 0. The van der Waals surface area contributed by atoms with Gasteiger partial charge in [-0.1, -0.05) is 55.5 Å². The number of hydrogen-bond acceptors (Lipinski definition) is 4. The molecule has 0 aliphatic rings. The summed E-state index contributed by atoms with van der Waals surface area (Å²) in [7, 11) is 0. The van der Waals surface area contributed by atoms with E-state index in [-0.39, 0.29) is 12.5 Å². The van der Waals surface area contributed by atoms with Gasteiger partial charge in [-0.25, -0.2) is 4.98 Å². The van der Waals surface area contributed by atoms with E-state index in [2.05, 4.69) is 5.32 Å². The van der Waals surface area contributed by atoms with Gasteiger partial charge in [0, 0.05) is 11.8 Å². The SMILES string of the molecule is CCCOc1ccccc1OCC(=O)Nc1c(-c2ccccc2)nc2ccc(C)cn12. The van der Waals surface area contributed by atoms with Gasteiger partial charge < -0.3 is 14.8 Å². The number of para-hydroxylation sites is 2. The standard InChI is InChI=1S/C25H25N3O3/c1-3-15-30-20-11-7-8-12-21(20)31-17-23(29)27-25-24(19-9-5-4-6-10-19)26-22-14-13-18(2)16-28(22)25/h4-14,16H,3,15,17H2,1-2H3,(H,27,29). The van der Waals surface area contributed by atoms with Crippen LogP contribution in [0.1, 0.15) is 18.9 Å². The predicted octanol–water partition coefficient (Wildman–Crippen LogP) is 5.12. The number of pyridine rings is 1. The van der Waals surface area contributed by atoms with Gasteiger partial charge in [-0.15, -0.1) is 0 Å². The van der Waals surface area contributed by atoms with Crippen molar-refractivity contribution in [2.24, 2.45) is 0 Å². The minimum Gasteiger partial charge on any atom is -0.490 e. The minimum absolute atomic E-state index is 0.139. The zero-order chi connectivity index (χ0) is 21.6. The van der Waals surface area contributed by atoms with E-state index in [0.717, 1.165) is 23.2 Å². The van der Waals surface area contributed by atoms with Crippen molar-refractivity contribution in [3.8, 4) is 22.8 Å². The number of nitrogens with one attached hydrogen (secondary N) is 1. The molecular weight excluding hydrogens is 390 g/mol. The third-order valence-electron chi connectivity index (χ3n) is 4.74. The number of benzene rings is 2. The number of carbonyl (C=O) groups is 1. The van der Waals surface area contributed by atoms with Crippen molar-refractivity contribution in [3.63, 3.8) is 0 Å². The molecule has 0 spiro atoms. The van der Waals surface area contributed by atoms with Crippen LogP contribution in [0.25, 0.3) is 16.9 Å². The van der Waals surface area contributed by atoms with Crippen LogP contribution in [-0.2, 0) is 4.79 Å². The molecule has 0 bridgehead atoms. The summed E-state index contributed by atoms with van der Waals surface area (Å²) in [5.41, 5.74) is 3.47. The number of hydrogen-bond donors (Lipinski definition) is 1. The van der Waals surface area contributed by atoms with Crippen LogP contribution in [0, 0.1) is 6.92 Å². The molecule has 1 N–H and O–H groups in total. The molecule has 0 fully saturated rings. The second kappa shape index (κ2) is 9.34. The molecule has 0 radical (unpaired) electrons. The summed E-state index contributed by atoms with van der Waals surface area (Å²) in [4.78, 5) is 17.5. The molecule has 6 heteroatoms. The first-order chi connectivity index (χ1) is 15.2. The Kier molecular flexibility index (Phi) is 6.17. The maximum absolute atomic E-state index is 12.8. The highest BCUT2D eigenvalue weighted by Gasteiger charge is 2.17. The van der Waals surface area contributed by atoms with E-state index in [1.807, 2.05) is 85.1 Å². The molecule has 2 heterocycles. The molecule has 0 saturated carbocycles. The maximum atomic E-state index is 12.8. The highest BCUT2D eigenvalue weighted by Crippen LogP contribution is 2.30. The summed E-state index contributed by atoms with van der Waals surface area (Å²) in [6.45, 7) is 4.50. The van der Waals surface area contributed by atoms with Gasteiger partial charge in [-0.2, -0.15) is 0 Å². The zero-order valence-electron chi connectivity index (χ0n) is 17.7. The van der Waals surface area contributed by atoms with Crippen LogP contribution in [0.15, 0.2) is 72.9 Å². The smallest absolute Gasteiger partial charge is 0.263 e. The average Bonchev–Trinajstić information content (AvgIpc) is 3.14. The zero-order valence-corrected chi connectivity index (χ0v) is 17.7. The highest BCUT2D eigenvalue weighted by molar-refractivity contribution is 5.95. The lowest BCUT2D eigenvalue weighted by molar-refractivity contribution is -0.118. The number of aromatic nitrogens is 2. The van der Waals surface area contributed by atoms with Gasteiger partial charge in [0.15, 0.2) is 18.1 Å². The van der Waals surface area contributed by atoms with E-state index < -0.39 is 0 Å². The molecule has 4 aromatic rings. The number of aryl methyl sites for hydroxylation is 1. The Bertz CT molecular complexity index is 1190. The lowest BCUT2D eigenvalue weighted by atomic mass is 10.1. The fourth-order valence-electron chi connectivity index (χ4n) is 3.28. The Hall–Kier alpha value is -3.80. The van der Waals surface area contributed by atoms with Crippen molar-refractivity contribution in [2.75, 3.05) is 18.5 Å². The Morgan fingerprint density at radius 3 is 2.42 bits per heavy atom. The van der Waals surface area contributed by atoms with Crippen LogP contribution in [-0.4, -0.2) is 28.5 Å². The first-order valence-corrected chi connectivity index (χ1v) is 10.3. The summed E-state index contributed by atoms with van der Waals surface area (Å²) in [5, 5.41) is 2.99. The van der Waals surface area contributed by atoms with Gasteiger partial charge in [-0.05, 0) is 37.1 Å². The topological polar surface area (TPSA) is 64.9 Å². The highest BCUT2D eigenvalue weighted by atomic mass is 16.5. The molecular formula is C25H25N3O3. The van der Waals surface area contributed by atoms with Gasteiger partial charge in [0.2, 0.25) is 0 Å². The van der Waals surface area contributed by atoms with Crippen molar-refractivity contribution in [3.05, 3.63) is 78.5 Å². The summed E-state index contributed by atoms with van der Waals surface area (Å²) in [5.74, 6) is 1.52. The lowest BCUT2D eigenvalue weighted by Gasteiger charge is -2.13. The Morgan fingerprint density at radius 2 is 1.68 bits per heavy atom. The number of anilines is 1. The number of amides is 1. The minimum atomic E-state index is -0.272. The van der Waals surface area contributed by atoms with Crippen LogP contribution < -0.4 is 14.8 Å². The number of fused-ring (bicyclic) bond motifs is 1. The molecule has 2 aromatic heterocycles. The molecule has 0 unspecified atom stereocenters. The fourth-order valence-corrected chi connectivity index (χ4v) is 3.28. The Labute approximate surface area is 181 Å². The van der Waals surface area contributed by atoms with E-state index in [9.17, 15) is 4.79 Å². The van der Waals surface area contributed by atoms with Crippen LogP contribution in [0.5, 0.6) is 11.5 Å². The first kappa shape index (κ1) is 20.5. The van der Waals surface area contributed by atoms with Crippen LogP contribution in [0.4, 0.5) is 5.82 Å². The van der Waals surface area contributed by atoms with E-state index in [0.29, 0.717) is 29.6 Å². The second-order valence-electron chi connectivity index (χ2n) is 7.24. The molecule has 2 aromatic carbocycles. The Morgan fingerprint density at radius 1 is 0.968 bits per heavy atom. The largest absolute Gasteiger partial charge is 0.490 e. The van der Waals surface area contributed by atoms with Gasteiger partial charge in [0.25, 0.3) is 5.91 Å². The summed E-state index contributed by atoms with van der Waals surface area (Å²) < 4.78 is 13.4. The Balaban J connectivity index is 1.57. The van der Waals surface area contributed by atoms with Crippen LogP contribution in [0.2, 0.25) is 0 Å². The number of imidazole rings is 1. The monoisotopic (exact) mass is 415 g/mol. The normalized spacial score (nSPS) is 10.8. The predicted molar refractivity (Wildman–Crippen MR) is 122 cm³/mol. The van der Waals surface area contributed by atoms with Crippen molar-refractivity contribution in [1.29, 1.82) is 0 Å². The average molecular weight is 415 g/mol. The van der Waals surface area contributed by atoms with Gasteiger partial charge in [0.1, 0.15) is 17.2 Å². The quantitative estimate of drug-likeness (QED) is 0.434. The third-order valence-corrected chi connectivity index (χ3v) is 4.74. The lowest BCUT2D eigenvalue weighted by Crippen LogP contribution is -2.21. The molecule has 0 saturated heterocycles. The van der Waals surface area contributed by atoms with Crippen LogP contribution in [0.3, 0.4) is 0 Å². The van der Waals surface area contributed by atoms with E-state index in [4.69, 9.17) is 14.5 Å². The molecule has 1 amide bonds. The summed E-state index contributed by atoms with van der Waals surface area (Å²) in [6, 6.07) is 21.1. The molecule has 6 nitrogen and oxygen atoms in total. The number of ether oxygens (including phenoxy) is 2. The van der Waals surface area contributed by atoms with E-state index in [1.54, 1.807) is 6.07 Å². The van der Waals surface area contributed by atoms with E-state index >= 15 is 0 Å². The molecule has 0 atom stereocenters. The molecule has 4 rings (SSSR count). The molecule has 0 aliphatic carbocycles. The molecule has 31 heavy (non-hydrogen) atoms. The van der Waals surface area contributed by atoms with Crippen molar-refractivity contribution in [2.45, 2.75) is 20.3 Å². The van der Waals surface area contributed by atoms with Crippen LogP contribution >= 0.6 is 0 Å². The van der Waals surface area contributed by atoms with Crippen molar-refractivity contribution < 1.29 is 14.3 Å².